The maximum absolute atomic E-state index is 11.4. The minimum atomic E-state index is -0.518. The van der Waals surface area contributed by atoms with Crippen LogP contribution >= 0.6 is 0 Å². The third-order valence-electron chi connectivity index (χ3n) is 2.39. The molecule has 2 rings (SSSR count). The lowest BCUT2D eigenvalue weighted by Gasteiger charge is -2.09. The molecule has 96 valence electrons. The third-order valence-corrected chi connectivity index (χ3v) is 2.39. The van der Waals surface area contributed by atoms with Crippen LogP contribution < -0.4 is 11.1 Å². The number of nitrogen functional groups attached to an aromatic ring is 1. The number of fused-ring (bicyclic) bond motifs is 1. The number of oxazole rings is 1. The molecule has 0 aliphatic heterocycles. The fraction of sp³-hybridized carbons (Fsp3) is 0.333. The lowest BCUT2D eigenvalue weighted by atomic mass is 10.3. The van der Waals surface area contributed by atoms with Gasteiger partial charge in [-0.15, -0.1) is 0 Å². The molecule has 0 radical (unpaired) electrons. The first-order valence-corrected chi connectivity index (χ1v) is 5.69. The van der Waals surface area contributed by atoms with Gasteiger partial charge in [0.1, 0.15) is 11.6 Å². The van der Waals surface area contributed by atoms with Gasteiger partial charge in [0.25, 0.3) is 6.01 Å². The minimum Gasteiger partial charge on any atom is -0.464 e. The van der Waals surface area contributed by atoms with Crippen LogP contribution in [0.1, 0.15) is 13.8 Å². The van der Waals surface area contributed by atoms with E-state index in [1.165, 1.54) is 0 Å². The molecule has 0 saturated heterocycles. The fourth-order valence-electron chi connectivity index (χ4n) is 1.52. The first-order chi connectivity index (χ1) is 8.60. The number of hydrogen-bond acceptors (Lipinski definition) is 6. The van der Waals surface area contributed by atoms with Gasteiger partial charge in [-0.25, -0.2) is 4.79 Å². The Bertz CT molecular complexity index is 565. The summed E-state index contributed by atoms with van der Waals surface area (Å²) in [5, 5.41) is 2.84. The normalized spacial score (nSPS) is 12.3. The van der Waals surface area contributed by atoms with E-state index in [1.54, 1.807) is 32.0 Å². The summed E-state index contributed by atoms with van der Waals surface area (Å²) in [5.41, 5.74) is 7.52. The summed E-state index contributed by atoms with van der Waals surface area (Å²) in [4.78, 5) is 15.6. The highest BCUT2D eigenvalue weighted by atomic mass is 16.5. The van der Waals surface area contributed by atoms with Crippen molar-refractivity contribution in [2.75, 3.05) is 17.7 Å². The Kier molecular flexibility index (Phi) is 3.36. The number of nitrogens with one attached hydrogen (secondary N) is 1. The lowest BCUT2D eigenvalue weighted by Crippen LogP contribution is -2.28. The Morgan fingerprint density at radius 3 is 3.11 bits per heavy atom. The molecule has 0 bridgehead atoms. The molecular formula is C12H15N3O3. The fourth-order valence-corrected chi connectivity index (χ4v) is 1.52. The van der Waals surface area contributed by atoms with E-state index >= 15 is 0 Å². The monoisotopic (exact) mass is 249 g/mol. The van der Waals surface area contributed by atoms with Crippen LogP contribution in [-0.2, 0) is 9.53 Å². The molecule has 1 heterocycles. The summed E-state index contributed by atoms with van der Waals surface area (Å²) in [7, 11) is 0. The van der Waals surface area contributed by atoms with Crippen LogP contribution in [-0.4, -0.2) is 23.6 Å². The number of anilines is 2. The smallest absolute Gasteiger partial charge is 0.328 e. The van der Waals surface area contributed by atoms with Crippen molar-refractivity contribution in [2.45, 2.75) is 19.9 Å². The molecule has 1 unspecified atom stereocenters. The van der Waals surface area contributed by atoms with E-state index in [1.807, 2.05) is 0 Å². The van der Waals surface area contributed by atoms with Crippen molar-refractivity contribution in [1.82, 2.24) is 4.98 Å². The molecule has 1 aromatic heterocycles. The number of nitrogens with two attached hydrogens (primary N) is 1. The molecule has 0 spiro atoms. The molecule has 1 atom stereocenters. The van der Waals surface area contributed by atoms with Gasteiger partial charge in [0.2, 0.25) is 0 Å². The maximum Gasteiger partial charge on any atom is 0.328 e. The quantitative estimate of drug-likeness (QED) is 0.634. The highest BCUT2D eigenvalue weighted by molar-refractivity contribution is 5.80. The zero-order valence-corrected chi connectivity index (χ0v) is 10.3. The Labute approximate surface area is 104 Å². The van der Waals surface area contributed by atoms with Crippen LogP contribution in [0.2, 0.25) is 0 Å². The average molecular weight is 249 g/mol. The average Bonchev–Trinajstić information content (AvgIpc) is 2.70. The first kappa shape index (κ1) is 12.2. The number of carbonyl (C=O) groups is 1. The van der Waals surface area contributed by atoms with Gasteiger partial charge >= 0.3 is 5.97 Å². The summed E-state index contributed by atoms with van der Waals surface area (Å²) < 4.78 is 10.3. The standard InChI is InChI=1S/C12H15N3O3/c1-3-17-11(16)7(2)14-12-15-9-6-8(13)4-5-10(9)18-12/h4-7H,3,13H2,1-2H3,(H,14,15). The summed E-state index contributed by atoms with van der Waals surface area (Å²) >= 11 is 0. The molecule has 6 heteroatoms. The Morgan fingerprint density at radius 2 is 2.39 bits per heavy atom. The molecule has 0 saturated carbocycles. The lowest BCUT2D eigenvalue weighted by molar-refractivity contribution is -0.143. The van der Waals surface area contributed by atoms with Gasteiger partial charge < -0.3 is 20.2 Å². The Morgan fingerprint density at radius 1 is 1.61 bits per heavy atom. The van der Waals surface area contributed by atoms with E-state index in [4.69, 9.17) is 14.9 Å². The maximum atomic E-state index is 11.4. The second-order valence-corrected chi connectivity index (χ2v) is 3.86. The third kappa shape index (κ3) is 2.53. The molecular weight excluding hydrogens is 234 g/mol. The molecule has 0 aliphatic carbocycles. The van der Waals surface area contributed by atoms with Crippen LogP contribution in [0.3, 0.4) is 0 Å². The molecule has 18 heavy (non-hydrogen) atoms. The summed E-state index contributed by atoms with van der Waals surface area (Å²) in [6.45, 7) is 3.78. The first-order valence-electron chi connectivity index (χ1n) is 5.69. The number of hydrogen-bond donors (Lipinski definition) is 2. The van der Waals surface area contributed by atoms with E-state index in [0.29, 0.717) is 23.4 Å². The molecule has 0 aliphatic rings. The Hall–Kier alpha value is -2.24. The van der Waals surface area contributed by atoms with Gasteiger partial charge in [0.15, 0.2) is 5.58 Å². The topological polar surface area (TPSA) is 90.4 Å². The van der Waals surface area contributed by atoms with Crippen LogP contribution in [0.4, 0.5) is 11.7 Å². The number of rotatable bonds is 4. The summed E-state index contributed by atoms with van der Waals surface area (Å²) in [6, 6.07) is 4.93. The molecule has 6 nitrogen and oxygen atoms in total. The van der Waals surface area contributed by atoms with Crippen molar-refractivity contribution < 1.29 is 13.9 Å². The van der Waals surface area contributed by atoms with Gasteiger partial charge in [-0.05, 0) is 32.0 Å². The minimum absolute atomic E-state index is 0.274. The predicted octanol–water partition coefficient (Wildman–Crippen LogP) is 1.77. The second kappa shape index (κ2) is 4.95. The van der Waals surface area contributed by atoms with Gasteiger partial charge in [0, 0.05) is 5.69 Å². The van der Waals surface area contributed by atoms with Crippen molar-refractivity contribution in [1.29, 1.82) is 0 Å². The van der Waals surface area contributed by atoms with E-state index < -0.39 is 6.04 Å². The van der Waals surface area contributed by atoms with Crippen LogP contribution in [0, 0.1) is 0 Å². The molecule has 2 aromatic rings. The van der Waals surface area contributed by atoms with Crippen molar-refractivity contribution >= 4 is 28.8 Å². The van der Waals surface area contributed by atoms with E-state index in [-0.39, 0.29) is 12.0 Å². The SMILES string of the molecule is CCOC(=O)C(C)Nc1nc2cc(N)ccc2o1. The Balaban J connectivity index is 2.14. The second-order valence-electron chi connectivity index (χ2n) is 3.86. The van der Waals surface area contributed by atoms with E-state index in [2.05, 4.69) is 10.3 Å². The molecule has 0 fully saturated rings. The van der Waals surface area contributed by atoms with Gasteiger partial charge in [0.05, 0.1) is 6.61 Å². The van der Waals surface area contributed by atoms with Crippen molar-refractivity contribution in [2.24, 2.45) is 0 Å². The zero-order chi connectivity index (χ0) is 13.1. The molecule has 1 aromatic carbocycles. The summed E-state index contributed by atoms with van der Waals surface area (Å²) in [5.74, 6) is -0.348. The molecule has 0 amide bonds. The highest BCUT2D eigenvalue weighted by Gasteiger charge is 2.16. The predicted molar refractivity (Wildman–Crippen MR) is 68.1 cm³/mol. The van der Waals surface area contributed by atoms with E-state index in [9.17, 15) is 4.79 Å². The van der Waals surface area contributed by atoms with Gasteiger partial charge in [-0.2, -0.15) is 4.98 Å². The van der Waals surface area contributed by atoms with E-state index in [0.717, 1.165) is 0 Å². The largest absolute Gasteiger partial charge is 0.464 e. The van der Waals surface area contributed by atoms with Gasteiger partial charge in [-0.1, -0.05) is 0 Å². The molecule has 3 N–H and O–H groups in total. The van der Waals surface area contributed by atoms with Crippen LogP contribution in [0.15, 0.2) is 22.6 Å². The number of carbonyl (C=O) groups excluding carboxylic acids is 1. The van der Waals surface area contributed by atoms with Crippen LogP contribution in [0.5, 0.6) is 0 Å². The highest BCUT2D eigenvalue weighted by Crippen LogP contribution is 2.21. The van der Waals surface area contributed by atoms with Crippen LogP contribution in [0.25, 0.3) is 11.1 Å². The summed E-state index contributed by atoms with van der Waals surface area (Å²) in [6.07, 6.45) is 0. The number of esters is 1. The number of ether oxygens (including phenoxy) is 1. The van der Waals surface area contributed by atoms with Crippen molar-refractivity contribution in [3.05, 3.63) is 18.2 Å². The zero-order valence-electron chi connectivity index (χ0n) is 10.3. The number of aromatic nitrogens is 1. The van der Waals surface area contributed by atoms with Gasteiger partial charge in [-0.3, -0.25) is 0 Å². The van der Waals surface area contributed by atoms with Crippen molar-refractivity contribution in [3.8, 4) is 0 Å². The number of nitrogens with zero attached hydrogens (tertiary/aromatic N) is 1. The number of benzene rings is 1. The van der Waals surface area contributed by atoms with Crippen molar-refractivity contribution in [3.63, 3.8) is 0 Å².